The van der Waals surface area contributed by atoms with Crippen LogP contribution in [0.4, 0.5) is 0 Å². The number of methoxy groups -OCH3 is 1. The molecule has 3 aromatic rings. The van der Waals surface area contributed by atoms with E-state index in [1.807, 2.05) is 37.3 Å². The van der Waals surface area contributed by atoms with Gasteiger partial charge in [-0.25, -0.2) is 4.98 Å². The van der Waals surface area contributed by atoms with Crippen LogP contribution in [0.3, 0.4) is 0 Å². The normalized spacial score (nSPS) is 10.6. The number of hydrogen-bond acceptors (Lipinski definition) is 5. The van der Waals surface area contributed by atoms with E-state index in [2.05, 4.69) is 28.3 Å². The van der Waals surface area contributed by atoms with Crippen LogP contribution in [0.2, 0.25) is 0 Å². The zero-order valence-electron chi connectivity index (χ0n) is 15.8. The molecule has 2 heterocycles. The van der Waals surface area contributed by atoms with Gasteiger partial charge < -0.3 is 10.1 Å². The molecule has 6 heteroatoms. The quantitative estimate of drug-likeness (QED) is 0.659. The number of aryl methyl sites for hydroxylation is 2. The molecule has 0 aliphatic rings. The van der Waals surface area contributed by atoms with E-state index in [9.17, 15) is 4.79 Å². The van der Waals surface area contributed by atoms with Crippen molar-refractivity contribution >= 4 is 17.2 Å². The van der Waals surface area contributed by atoms with Crippen LogP contribution in [-0.4, -0.2) is 23.0 Å². The summed E-state index contributed by atoms with van der Waals surface area (Å²) in [5.41, 5.74) is 3.82. The molecule has 0 saturated heterocycles. The summed E-state index contributed by atoms with van der Waals surface area (Å²) >= 11 is 1.42. The third kappa shape index (κ3) is 4.71. The van der Waals surface area contributed by atoms with Gasteiger partial charge >= 0.3 is 0 Å². The number of carbonyl (C=O) groups excluding carboxylic acids is 1. The molecule has 0 atom stereocenters. The summed E-state index contributed by atoms with van der Waals surface area (Å²) in [5, 5.41) is 3.82. The molecule has 1 amide bonds. The number of aromatic nitrogens is 2. The van der Waals surface area contributed by atoms with Gasteiger partial charge in [-0.3, -0.25) is 9.78 Å². The van der Waals surface area contributed by atoms with Gasteiger partial charge in [0.05, 0.1) is 12.8 Å². The van der Waals surface area contributed by atoms with Crippen molar-refractivity contribution in [3.05, 3.63) is 64.4 Å². The highest BCUT2D eigenvalue weighted by atomic mass is 32.1. The van der Waals surface area contributed by atoms with Crippen LogP contribution in [-0.2, 0) is 13.0 Å². The Kier molecular flexibility index (Phi) is 6.19. The van der Waals surface area contributed by atoms with Gasteiger partial charge in [0.25, 0.3) is 5.91 Å². The molecule has 0 radical (unpaired) electrons. The standard InChI is InChI=1S/C21H23N3O2S/c1-4-5-17-12-16(10-11-22-17)21-24-14(2)19(27-21)20(25)23-13-15-6-8-18(26-3)9-7-15/h6-12H,4-5,13H2,1-3H3,(H,23,25). The van der Waals surface area contributed by atoms with Crippen molar-refractivity contribution in [2.75, 3.05) is 7.11 Å². The molecule has 27 heavy (non-hydrogen) atoms. The Bertz CT molecular complexity index is 919. The van der Waals surface area contributed by atoms with Crippen LogP contribution in [0.15, 0.2) is 42.6 Å². The summed E-state index contributed by atoms with van der Waals surface area (Å²) in [6.45, 7) is 4.47. The molecule has 0 saturated carbocycles. The molecular weight excluding hydrogens is 358 g/mol. The van der Waals surface area contributed by atoms with E-state index in [4.69, 9.17) is 4.74 Å². The van der Waals surface area contributed by atoms with Gasteiger partial charge in [-0.15, -0.1) is 11.3 Å². The highest BCUT2D eigenvalue weighted by Crippen LogP contribution is 2.28. The van der Waals surface area contributed by atoms with Crippen molar-refractivity contribution in [3.63, 3.8) is 0 Å². The largest absolute Gasteiger partial charge is 0.497 e. The first-order valence-electron chi connectivity index (χ1n) is 8.94. The van der Waals surface area contributed by atoms with Gasteiger partial charge in [-0.2, -0.15) is 0 Å². The van der Waals surface area contributed by atoms with Crippen LogP contribution in [0.25, 0.3) is 10.6 Å². The second kappa shape index (κ2) is 8.77. The summed E-state index contributed by atoms with van der Waals surface area (Å²) in [5.74, 6) is 0.697. The topological polar surface area (TPSA) is 64.1 Å². The average molecular weight is 382 g/mol. The number of benzene rings is 1. The van der Waals surface area contributed by atoms with Gasteiger partial charge in [0.15, 0.2) is 0 Å². The lowest BCUT2D eigenvalue weighted by atomic mass is 10.2. The Balaban J connectivity index is 1.71. The van der Waals surface area contributed by atoms with Gasteiger partial charge in [0.2, 0.25) is 0 Å². The minimum Gasteiger partial charge on any atom is -0.497 e. The number of amides is 1. The third-order valence-electron chi connectivity index (χ3n) is 4.18. The second-order valence-corrected chi connectivity index (χ2v) is 7.25. The number of carbonyl (C=O) groups is 1. The van der Waals surface area contributed by atoms with Crippen molar-refractivity contribution in [3.8, 4) is 16.3 Å². The zero-order valence-corrected chi connectivity index (χ0v) is 16.6. The van der Waals surface area contributed by atoms with Crippen molar-refractivity contribution < 1.29 is 9.53 Å². The summed E-state index contributed by atoms with van der Waals surface area (Å²) in [7, 11) is 1.63. The van der Waals surface area contributed by atoms with Crippen molar-refractivity contribution in [2.45, 2.75) is 33.2 Å². The predicted octanol–water partition coefficient (Wildman–Crippen LogP) is 4.40. The fraction of sp³-hybridized carbons (Fsp3) is 0.286. The minimum atomic E-state index is -0.102. The fourth-order valence-corrected chi connectivity index (χ4v) is 3.72. The van der Waals surface area contributed by atoms with E-state index >= 15 is 0 Å². The third-order valence-corrected chi connectivity index (χ3v) is 5.39. The maximum absolute atomic E-state index is 12.6. The van der Waals surface area contributed by atoms with E-state index in [0.29, 0.717) is 11.4 Å². The Morgan fingerprint density at radius 2 is 2.00 bits per heavy atom. The van der Waals surface area contributed by atoms with Crippen molar-refractivity contribution in [2.24, 2.45) is 0 Å². The Morgan fingerprint density at radius 1 is 1.22 bits per heavy atom. The van der Waals surface area contributed by atoms with Gasteiger partial charge in [0, 0.05) is 24.0 Å². The summed E-state index contributed by atoms with van der Waals surface area (Å²) in [6.07, 6.45) is 3.79. The number of ether oxygens (including phenoxy) is 1. The van der Waals surface area contributed by atoms with Crippen LogP contribution in [0, 0.1) is 6.92 Å². The summed E-state index contributed by atoms with van der Waals surface area (Å²) < 4.78 is 5.15. The van der Waals surface area contributed by atoms with E-state index < -0.39 is 0 Å². The number of nitrogens with one attached hydrogen (secondary N) is 1. The maximum Gasteiger partial charge on any atom is 0.263 e. The SMILES string of the molecule is CCCc1cc(-c2nc(C)c(C(=O)NCc3ccc(OC)cc3)s2)ccn1. The lowest BCUT2D eigenvalue weighted by Crippen LogP contribution is -2.22. The number of rotatable bonds is 7. The molecule has 0 aliphatic carbocycles. The Labute approximate surface area is 163 Å². The maximum atomic E-state index is 12.6. The van der Waals surface area contributed by atoms with E-state index in [1.54, 1.807) is 13.3 Å². The van der Waals surface area contributed by atoms with E-state index in [1.165, 1.54) is 11.3 Å². The highest BCUT2D eigenvalue weighted by molar-refractivity contribution is 7.17. The van der Waals surface area contributed by atoms with Gasteiger partial charge in [-0.05, 0) is 43.2 Å². The first-order chi connectivity index (χ1) is 13.1. The second-order valence-electron chi connectivity index (χ2n) is 6.25. The average Bonchev–Trinajstić information content (AvgIpc) is 3.09. The molecule has 3 rings (SSSR count). The smallest absolute Gasteiger partial charge is 0.263 e. The molecule has 1 aromatic carbocycles. The molecule has 0 fully saturated rings. The van der Waals surface area contributed by atoms with Crippen molar-refractivity contribution in [1.29, 1.82) is 0 Å². The lowest BCUT2D eigenvalue weighted by Gasteiger charge is -2.05. The molecule has 0 spiro atoms. The number of thiazole rings is 1. The van der Waals surface area contributed by atoms with Crippen molar-refractivity contribution in [1.82, 2.24) is 15.3 Å². The summed E-state index contributed by atoms with van der Waals surface area (Å²) in [4.78, 5) is 22.2. The molecule has 0 aliphatic heterocycles. The van der Waals surface area contributed by atoms with Crippen LogP contribution in [0.1, 0.15) is 40.0 Å². The molecule has 2 aromatic heterocycles. The van der Waals surface area contributed by atoms with E-state index in [-0.39, 0.29) is 5.91 Å². The van der Waals surface area contributed by atoms with Crippen LogP contribution in [0.5, 0.6) is 5.75 Å². The zero-order chi connectivity index (χ0) is 19.2. The first kappa shape index (κ1) is 19.0. The molecule has 140 valence electrons. The molecule has 1 N–H and O–H groups in total. The predicted molar refractivity (Wildman–Crippen MR) is 108 cm³/mol. The lowest BCUT2D eigenvalue weighted by molar-refractivity contribution is 0.0954. The first-order valence-corrected chi connectivity index (χ1v) is 9.76. The Morgan fingerprint density at radius 3 is 2.70 bits per heavy atom. The number of hydrogen-bond donors (Lipinski definition) is 1. The molecule has 0 bridgehead atoms. The molecule has 0 unspecified atom stereocenters. The van der Waals surface area contributed by atoms with Gasteiger partial charge in [0.1, 0.15) is 15.6 Å². The monoisotopic (exact) mass is 381 g/mol. The van der Waals surface area contributed by atoms with Crippen LogP contribution < -0.4 is 10.1 Å². The Hall–Kier alpha value is -2.73. The number of nitrogens with zero attached hydrogens (tertiary/aromatic N) is 2. The molecule has 5 nitrogen and oxygen atoms in total. The number of pyridine rings is 1. The fourth-order valence-electron chi connectivity index (χ4n) is 2.74. The van der Waals surface area contributed by atoms with Gasteiger partial charge in [-0.1, -0.05) is 25.5 Å². The molecular formula is C21H23N3O2S. The summed E-state index contributed by atoms with van der Waals surface area (Å²) in [6, 6.07) is 11.6. The highest BCUT2D eigenvalue weighted by Gasteiger charge is 2.16. The minimum absolute atomic E-state index is 0.102. The van der Waals surface area contributed by atoms with Crippen LogP contribution >= 0.6 is 11.3 Å². The van der Waals surface area contributed by atoms with E-state index in [0.717, 1.165) is 46.1 Å².